The number of aryl methyl sites for hydroxylation is 2. The average Bonchev–Trinajstić information content (AvgIpc) is 3.23. The highest BCUT2D eigenvalue weighted by Crippen LogP contribution is 2.29. The van der Waals surface area contributed by atoms with Crippen LogP contribution in [0.3, 0.4) is 0 Å². The Bertz CT molecular complexity index is 950. The van der Waals surface area contributed by atoms with Crippen LogP contribution in [-0.2, 0) is 0 Å². The Morgan fingerprint density at radius 3 is 1.88 bits per heavy atom. The zero-order chi connectivity index (χ0) is 16.5. The largest absolute Gasteiger partial charge is 0.416 e. The molecule has 0 unspecified atom stereocenters. The van der Waals surface area contributed by atoms with E-state index >= 15 is 0 Å². The molecule has 0 aliphatic carbocycles. The summed E-state index contributed by atoms with van der Waals surface area (Å²) >= 11 is 0. The van der Waals surface area contributed by atoms with Crippen molar-refractivity contribution in [1.82, 2.24) is 15.4 Å². The highest BCUT2D eigenvalue weighted by Gasteiger charge is 2.13. The van der Waals surface area contributed by atoms with E-state index in [1.165, 1.54) is 0 Å². The van der Waals surface area contributed by atoms with Crippen molar-refractivity contribution in [2.24, 2.45) is 0 Å². The lowest BCUT2D eigenvalue weighted by Gasteiger charge is -2.01. The Balaban J connectivity index is 1.65. The fourth-order valence-electron chi connectivity index (χ4n) is 2.71. The van der Waals surface area contributed by atoms with E-state index in [9.17, 15) is 0 Å². The summed E-state index contributed by atoms with van der Waals surface area (Å²) in [6.07, 6.45) is 0. The minimum atomic E-state index is 0.499. The minimum Gasteiger partial charge on any atom is -0.416 e. The van der Waals surface area contributed by atoms with Crippen molar-refractivity contribution in [3.8, 4) is 34.0 Å². The Labute approximate surface area is 138 Å². The summed E-state index contributed by atoms with van der Waals surface area (Å²) in [7, 11) is 0. The normalized spacial score (nSPS) is 10.9. The molecule has 2 aromatic heterocycles. The van der Waals surface area contributed by atoms with Crippen molar-refractivity contribution in [2.45, 2.75) is 13.8 Å². The minimum absolute atomic E-state index is 0.499. The predicted molar refractivity (Wildman–Crippen MR) is 90.1 cm³/mol. The first-order valence-corrected chi connectivity index (χ1v) is 7.65. The molecule has 5 heteroatoms. The molecular weight excluding hydrogens is 302 g/mol. The third-order valence-corrected chi connectivity index (χ3v) is 3.90. The summed E-state index contributed by atoms with van der Waals surface area (Å²) in [5, 5.41) is 12.3. The highest BCUT2D eigenvalue weighted by molar-refractivity contribution is 5.70. The van der Waals surface area contributed by atoms with Crippen LogP contribution < -0.4 is 0 Å². The van der Waals surface area contributed by atoms with Crippen LogP contribution in [0.5, 0.6) is 0 Å². The Hall–Kier alpha value is -3.21. The van der Waals surface area contributed by atoms with Gasteiger partial charge in [0.15, 0.2) is 0 Å². The summed E-state index contributed by atoms with van der Waals surface area (Å²) in [5.41, 5.74) is 4.74. The average molecular weight is 317 g/mol. The van der Waals surface area contributed by atoms with Crippen LogP contribution in [0.2, 0.25) is 0 Å². The van der Waals surface area contributed by atoms with Gasteiger partial charge in [-0.2, -0.15) is 0 Å². The lowest BCUT2D eigenvalue weighted by Crippen LogP contribution is -1.83. The van der Waals surface area contributed by atoms with Crippen molar-refractivity contribution in [2.75, 3.05) is 0 Å². The van der Waals surface area contributed by atoms with E-state index in [-0.39, 0.29) is 0 Å². The lowest BCUT2D eigenvalue weighted by atomic mass is 10.0. The third kappa shape index (κ3) is 2.50. The van der Waals surface area contributed by atoms with Gasteiger partial charge in [-0.05, 0) is 43.7 Å². The van der Waals surface area contributed by atoms with Crippen LogP contribution in [0.15, 0.2) is 63.5 Å². The molecule has 0 saturated heterocycles. The van der Waals surface area contributed by atoms with Gasteiger partial charge in [-0.3, -0.25) is 0 Å². The summed E-state index contributed by atoms with van der Waals surface area (Å²) in [5.74, 6) is 1.82. The second-order valence-corrected chi connectivity index (χ2v) is 5.55. The van der Waals surface area contributed by atoms with Crippen molar-refractivity contribution >= 4 is 0 Å². The molecule has 24 heavy (non-hydrogen) atoms. The third-order valence-electron chi connectivity index (χ3n) is 3.90. The van der Waals surface area contributed by atoms with E-state index < -0.39 is 0 Å². The molecule has 0 fully saturated rings. The maximum absolute atomic E-state index is 5.78. The molecule has 2 heterocycles. The van der Waals surface area contributed by atoms with Crippen LogP contribution >= 0.6 is 0 Å². The molecule has 0 amide bonds. The van der Waals surface area contributed by atoms with E-state index in [2.05, 4.69) is 15.4 Å². The fourth-order valence-corrected chi connectivity index (χ4v) is 2.71. The number of rotatable bonds is 3. The van der Waals surface area contributed by atoms with Gasteiger partial charge in [0.05, 0.1) is 5.69 Å². The second kappa shape index (κ2) is 5.77. The van der Waals surface area contributed by atoms with Crippen LogP contribution in [0, 0.1) is 13.8 Å². The summed E-state index contributed by atoms with van der Waals surface area (Å²) in [6.45, 7) is 3.84. The van der Waals surface area contributed by atoms with E-state index in [0.29, 0.717) is 11.8 Å². The molecule has 5 nitrogen and oxygen atoms in total. The summed E-state index contributed by atoms with van der Waals surface area (Å²) in [4.78, 5) is 0. The van der Waals surface area contributed by atoms with Gasteiger partial charge in [-0.25, -0.2) is 0 Å². The van der Waals surface area contributed by atoms with Gasteiger partial charge >= 0.3 is 0 Å². The van der Waals surface area contributed by atoms with Crippen molar-refractivity contribution < 1.29 is 8.94 Å². The molecule has 0 radical (unpaired) electrons. The monoisotopic (exact) mass is 317 g/mol. The second-order valence-electron chi connectivity index (χ2n) is 5.55. The van der Waals surface area contributed by atoms with Crippen molar-refractivity contribution in [1.29, 1.82) is 0 Å². The Kier molecular flexibility index (Phi) is 3.46. The van der Waals surface area contributed by atoms with Gasteiger partial charge in [0.25, 0.3) is 0 Å². The van der Waals surface area contributed by atoms with Crippen LogP contribution in [0.25, 0.3) is 34.0 Å². The number of aromatic nitrogens is 3. The van der Waals surface area contributed by atoms with Gasteiger partial charge in [0.2, 0.25) is 11.8 Å². The fraction of sp³-hybridized carbons (Fsp3) is 0.105. The Morgan fingerprint density at radius 1 is 0.708 bits per heavy atom. The quantitative estimate of drug-likeness (QED) is 0.549. The van der Waals surface area contributed by atoms with E-state index in [0.717, 1.165) is 33.7 Å². The van der Waals surface area contributed by atoms with Gasteiger partial charge in [-0.1, -0.05) is 35.5 Å². The van der Waals surface area contributed by atoms with E-state index in [4.69, 9.17) is 8.94 Å². The first kappa shape index (κ1) is 14.4. The number of hydrogen-bond donors (Lipinski definition) is 0. The standard InChI is InChI=1S/C19H15N3O2/c1-12-17(13(2)24-22-12)14-8-10-16(11-9-14)19-21-20-18(23-19)15-6-4-3-5-7-15/h3-11H,1-2H3. The van der Waals surface area contributed by atoms with E-state index in [1.807, 2.05) is 68.4 Å². The molecule has 0 bridgehead atoms. The highest BCUT2D eigenvalue weighted by atomic mass is 16.5. The molecule has 4 aromatic rings. The maximum atomic E-state index is 5.78. The molecule has 2 aromatic carbocycles. The zero-order valence-electron chi connectivity index (χ0n) is 13.4. The lowest BCUT2D eigenvalue weighted by molar-refractivity contribution is 0.393. The van der Waals surface area contributed by atoms with Gasteiger partial charge in [-0.15, -0.1) is 10.2 Å². The van der Waals surface area contributed by atoms with Crippen molar-refractivity contribution in [3.05, 3.63) is 66.1 Å². The molecule has 0 atom stereocenters. The predicted octanol–water partition coefficient (Wildman–Crippen LogP) is 4.68. The molecule has 4 rings (SSSR count). The molecule has 0 aliphatic rings. The summed E-state index contributed by atoms with van der Waals surface area (Å²) < 4.78 is 11.0. The van der Waals surface area contributed by atoms with Crippen molar-refractivity contribution in [3.63, 3.8) is 0 Å². The number of hydrogen-bond acceptors (Lipinski definition) is 5. The molecule has 118 valence electrons. The SMILES string of the molecule is Cc1noc(C)c1-c1ccc(-c2nnc(-c3ccccc3)o2)cc1. The Morgan fingerprint density at radius 2 is 1.29 bits per heavy atom. The van der Waals surface area contributed by atoms with E-state index in [1.54, 1.807) is 0 Å². The molecular formula is C19H15N3O2. The topological polar surface area (TPSA) is 65.0 Å². The summed E-state index contributed by atoms with van der Waals surface area (Å²) in [6, 6.07) is 17.7. The number of nitrogens with zero attached hydrogens (tertiary/aromatic N) is 3. The van der Waals surface area contributed by atoms with Gasteiger partial charge in [0, 0.05) is 16.7 Å². The van der Waals surface area contributed by atoms with Crippen LogP contribution in [0.1, 0.15) is 11.5 Å². The maximum Gasteiger partial charge on any atom is 0.248 e. The first-order valence-electron chi connectivity index (χ1n) is 7.65. The van der Waals surface area contributed by atoms with Gasteiger partial charge < -0.3 is 8.94 Å². The molecule has 0 spiro atoms. The molecule has 0 saturated carbocycles. The number of benzene rings is 2. The van der Waals surface area contributed by atoms with Crippen LogP contribution in [0.4, 0.5) is 0 Å². The zero-order valence-corrected chi connectivity index (χ0v) is 13.4. The van der Waals surface area contributed by atoms with Gasteiger partial charge in [0.1, 0.15) is 5.76 Å². The first-order chi connectivity index (χ1) is 11.7. The smallest absolute Gasteiger partial charge is 0.248 e. The van der Waals surface area contributed by atoms with Crippen LogP contribution in [-0.4, -0.2) is 15.4 Å². The molecule has 0 N–H and O–H groups in total. The molecule has 0 aliphatic heterocycles.